The predicted molar refractivity (Wildman–Crippen MR) is 99.0 cm³/mol. The summed E-state index contributed by atoms with van der Waals surface area (Å²) in [7, 11) is 0. The Balaban J connectivity index is 2.07. The van der Waals surface area contributed by atoms with Crippen LogP contribution in [0.3, 0.4) is 0 Å². The van der Waals surface area contributed by atoms with Crippen molar-refractivity contribution in [2.45, 2.75) is 33.9 Å². The highest BCUT2D eigenvalue weighted by molar-refractivity contribution is 7.16. The van der Waals surface area contributed by atoms with Gasteiger partial charge in [0.1, 0.15) is 6.54 Å². The number of benzene rings is 1. The summed E-state index contributed by atoms with van der Waals surface area (Å²) in [5, 5.41) is 4.19. The van der Waals surface area contributed by atoms with Gasteiger partial charge in [0, 0.05) is 12.7 Å². The Morgan fingerprint density at radius 1 is 1.27 bits per heavy atom. The number of esters is 1. The van der Waals surface area contributed by atoms with Crippen molar-refractivity contribution < 1.29 is 14.3 Å². The van der Waals surface area contributed by atoms with Crippen molar-refractivity contribution in [3.8, 4) is 0 Å². The molecule has 0 aliphatic heterocycles. The van der Waals surface area contributed by atoms with Crippen molar-refractivity contribution in [2.24, 2.45) is 4.99 Å². The number of carbonyl (C=O) groups excluding carboxylic acids is 2. The van der Waals surface area contributed by atoms with Crippen LogP contribution < -0.4 is 4.80 Å². The summed E-state index contributed by atoms with van der Waals surface area (Å²) in [6.07, 6.45) is 1.74. The lowest BCUT2D eigenvalue weighted by Gasteiger charge is -2.05. The maximum absolute atomic E-state index is 12.5. The summed E-state index contributed by atoms with van der Waals surface area (Å²) in [6, 6.07) is 7.54. The maximum Gasteiger partial charge on any atom is 0.326 e. The molecule has 1 aromatic carbocycles. The van der Waals surface area contributed by atoms with Gasteiger partial charge < -0.3 is 9.30 Å². The highest BCUT2D eigenvalue weighted by Crippen LogP contribution is 2.19. The van der Waals surface area contributed by atoms with Crippen LogP contribution in [0.1, 0.15) is 29.9 Å². The lowest BCUT2D eigenvalue weighted by atomic mass is 10.2. The van der Waals surface area contributed by atoms with Crippen molar-refractivity contribution in [2.75, 3.05) is 6.61 Å². The summed E-state index contributed by atoms with van der Waals surface area (Å²) < 4.78 is 9.40. The van der Waals surface area contributed by atoms with E-state index in [0.717, 1.165) is 15.8 Å². The number of aromatic nitrogens is 3. The molecule has 0 aliphatic carbocycles. The van der Waals surface area contributed by atoms with E-state index in [1.165, 1.54) is 11.3 Å². The molecule has 26 heavy (non-hydrogen) atoms. The highest BCUT2D eigenvalue weighted by Gasteiger charge is 2.14. The van der Waals surface area contributed by atoms with Gasteiger partial charge in [0.25, 0.3) is 5.91 Å². The van der Waals surface area contributed by atoms with Crippen molar-refractivity contribution in [1.82, 2.24) is 14.3 Å². The second-order valence-corrected chi connectivity index (χ2v) is 6.73. The van der Waals surface area contributed by atoms with Gasteiger partial charge in [-0.1, -0.05) is 17.4 Å². The van der Waals surface area contributed by atoms with Crippen molar-refractivity contribution >= 4 is 33.4 Å². The third-order valence-corrected chi connectivity index (χ3v) is 4.85. The largest absolute Gasteiger partial charge is 0.465 e. The third-order valence-electron chi connectivity index (χ3n) is 3.81. The fraction of sp³-hybridized carbons (Fsp3) is 0.333. The molecule has 2 heterocycles. The summed E-state index contributed by atoms with van der Waals surface area (Å²) in [4.78, 5) is 29.1. The first-order chi connectivity index (χ1) is 12.5. The van der Waals surface area contributed by atoms with Gasteiger partial charge in [0.15, 0.2) is 10.5 Å². The molecule has 0 saturated carbocycles. The number of carbonyl (C=O) groups is 2. The zero-order valence-corrected chi connectivity index (χ0v) is 15.7. The predicted octanol–water partition coefficient (Wildman–Crippen LogP) is 2.53. The molecule has 1 amide bonds. The maximum atomic E-state index is 12.5. The molecular weight excluding hydrogens is 352 g/mol. The van der Waals surface area contributed by atoms with Crippen LogP contribution in [0.25, 0.3) is 10.2 Å². The Labute approximate surface area is 154 Å². The van der Waals surface area contributed by atoms with Gasteiger partial charge in [-0.15, -0.1) is 0 Å². The fourth-order valence-corrected chi connectivity index (χ4v) is 3.68. The van der Waals surface area contributed by atoms with Crippen LogP contribution in [0.5, 0.6) is 0 Å². The molecule has 0 aliphatic rings. The minimum atomic E-state index is -0.432. The minimum Gasteiger partial charge on any atom is -0.465 e. The second kappa shape index (κ2) is 7.65. The quantitative estimate of drug-likeness (QED) is 0.645. The van der Waals surface area contributed by atoms with E-state index in [1.54, 1.807) is 28.4 Å². The highest BCUT2D eigenvalue weighted by atomic mass is 32.1. The molecule has 3 rings (SSSR count). The van der Waals surface area contributed by atoms with E-state index in [0.29, 0.717) is 18.0 Å². The Morgan fingerprint density at radius 2 is 2.08 bits per heavy atom. The Morgan fingerprint density at radius 3 is 2.77 bits per heavy atom. The van der Waals surface area contributed by atoms with Crippen LogP contribution >= 0.6 is 11.3 Å². The van der Waals surface area contributed by atoms with Crippen molar-refractivity contribution in [3.05, 3.63) is 46.5 Å². The normalized spacial score (nSPS) is 11.9. The van der Waals surface area contributed by atoms with Crippen LogP contribution in [-0.2, 0) is 22.6 Å². The number of fused-ring (bicyclic) bond motifs is 1. The first kappa shape index (κ1) is 18.1. The van der Waals surface area contributed by atoms with Crippen molar-refractivity contribution in [3.63, 3.8) is 0 Å². The molecular formula is C18H20N4O3S. The van der Waals surface area contributed by atoms with Gasteiger partial charge in [-0.3, -0.25) is 14.3 Å². The molecule has 0 atom stereocenters. The zero-order chi connectivity index (χ0) is 18.7. The number of ether oxygens (including phenoxy) is 1. The van der Waals surface area contributed by atoms with Crippen LogP contribution in [0, 0.1) is 6.92 Å². The number of amides is 1. The molecule has 7 nitrogen and oxygen atoms in total. The minimum absolute atomic E-state index is 0.00636. The third kappa shape index (κ3) is 3.75. The van der Waals surface area contributed by atoms with E-state index >= 15 is 0 Å². The van der Waals surface area contributed by atoms with E-state index < -0.39 is 5.91 Å². The Kier molecular flexibility index (Phi) is 5.32. The lowest BCUT2D eigenvalue weighted by Crippen LogP contribution is -2.23. The smallest absolute Gasteiger partial charge is 0.326 e. The van der Waals surface area contributed by atoms with Gasteiger partial charge in [0.05, 0.1) is 16.8 Å². The van der Waals surface area contributed by atoms with Crippen LogP contribution in [0.15, 0.2) is 35.5 Å². The van der Waals surface area contributed by atoms with Crippen molar-refractivity contribution in [1.29, 1.82) is 0 Å². The molecule has 0 bridgehead atoms. The molecule has 0 saturated heterocycles. The van der Waals surface area contributed by atoms with Gasteiger partial charge in [0.2, 0.25) is 0 Å². The molecule has 0 fully saturated rings. The standard InChI is InChI=1S/C18H20N4O3S/c1-4-21-9-8-13(20-21)17(24)19-18-22(11-16(23)25-5-2)14-7-6-12(3)10-15(14)26-18/h6-10H,4-5,11H2,1-3H3. The molecule has 2 aromatic heterocycles. The number of nitrogens with zero attached hydrogens (tertiary/aromatic N) is 4. The SMILES string of the molecule is CCOC(=O)Cn1c(=NC(=O)c2ccn(CC)n2)sc2cc(C)ccc21. The first-order valence-corrected chi connectivity index (χ1v) is 9.21. The topological polar surface area (TPSA) is 78.5 Å². The molecule has 136 valence electrons. The number of hydrogen-bond acceptors (Lipinski definition) is 5. The summed E-state index contributed by atoms with van der Waals surface area (Å²) in [5.74, 6) is -0.796. The van der Waals surface area contributed by atoms with Gasteiger partial charge in [-0.25, -0.2) is 0 Å². The fourth-order valence-electron chi connectivity index (χ4n) is 2.55. The monoisotopic (exact) mass is 372 g/mol. The van der Waals surface area contributed by atoms with Gasteiger partial charge in [-0.2, -0.15) is 10.1 Å². The van der Waals surface area contributed by atoms with E-state index in [1.807, 2.05) is 32.0 Å². The first-order valence-electron chi connectivity index (χ1n) is 8.40. The summed E-state index contributed by atoms with van der Waals surface area (Å²) >= 11 is 1.37. The Hall–Kier alpha value is -2.74. The Bertz CT molecular complexity index is 1030. The van der Waals surface area contributed by atoms with Crippen LogP contribution in [0.4, 0.5) is 0 Å². The molecule has 0 unspecified atom stereocenters. The second-order valence-electron chi connectivity index (χ2n) is 5.72. The van der Waals surface area contributed by atoms with E-state index in [9.17, 15) is 9.59 Å². The summed E-state index contributed by atoms with van der Waals surface area (Å²) in [6.45, 7) is 6.69. The lowest BCUT2D eigenvalue weighted by molar-refractivity contribution is -0.143. The molecule has 3 aromatic rings. The molecule has 8 heteroatoms. The average Bonchev–Trinajstić information content (AvgIpc) is 3.20. The van der Waals surface area contributed by atoms with Gasteiger partial charge >= 0.3 is 5.97 Å². The van der Waals surface area contributed by atoms with E-state index in [2.05, 4.69) is 10.1 Å². The van der Waals surface area contributed by atoms with E-state index in [-0.39, 0.29) is 18.2 Å². The van der Waals surface area contributed by atoms with Crippen LogP contribution in [0.2, 0.25) is 0 Å². The number of thiazole rings is 1. The zero-order valence-electron chi connectivity index (χ0n) is 14.9. The average molecular weight is 372 g/mol. The molecule has 0 N–H and O–H groups in total. The number of aryl methyl sites for hydroxylation is 2. The van der Waals surface area contributed by atoms with E-state index in [4.69, 9.17) is 4.74 Å². The van der Waals surface area contributed by atoms with Gasteiger partial charge in [-0.05, 0) is 44.5 Å². The molecule has 0 radical (unpaired) electrons. The molecule has 0 spiro atoms. The van der Waals surface area contributed by atoms with Crippen LogP contribution in [-0.4, -0.2) is 32.8 Å². The summed E-state index contributed by atoms with van der Waals surface area (Å²) in [5.41, 5.74) is 2.23. The number of rotatable bonds is 5. The number of hydrogen-bond donors (Lipinski definition) is 0.